The van der Waals surface area contributed by atoms with E-state index in [0.717, 1.165) is 17.8 Å². The predicted octanol–water partition coefficient (Wildman–Crippen LogP) is 1.53. The van der Waals surface area contributed by atoms with Gasteiger partial charge in [0.25, 0.3) is 0 Å². The summed E-state index contributed by atoms with van der Waals surface area (Å²) in [5, 5.41) is 7.89. The van der Waals surface area contributed by atoms with Crippen LogP contribution in [0.2, 0.25) is 0 Å². The van der Waals surface area contributed by atoms with Gasteiger partial charge in [-0.25, -0.2) is 8.42 Å². The maximum Gasteiger partial charge on any atom is 0.152 e. The van der Waals surface area contributed by atoms with Crippen molar-refractivity contribution in [2.45, 2.75) is 45.7 Å². The zero-order valence-electron chi connectivity index (χ0n) is 12.1. The fourth-order valence-corrected chi connectivity index (χ4v) is 4.75. The van der Waals surface area contributed by atoms with Gasteiger partial charge < -0.3 is 5.32 Å². The predicted molar refractivity (Wildman–Crippen MR) is 76.1 cm³/mol. The SMILES string of the molecule is CCC(NC)c1c(C)nn(C2CCS(=O)(=O)C2)c1C. The Hall–Kier alpha value is -0.880. The summed E-state index contributed by atoms with van der Waals surface area (Å²) >= 11 is 0. The van der Waals surface area contributed by atoms with Gasteiger partial charge in [-0.1, -0.05) is 6.92 Å². The molecular formula is C13H23N3O2S. The van der Waals surface area contributed by atoms with E-state index in [2.05, 4.69) is 17.3 Å². The van der Waals surface area contributed by atoms with Crippen LogP contribution in [0.3, 0.4) is 0 Å². The van der Waals surface area contributed by atoms with E-state index in [4.69, 9.17) is 0 Å². The monoisotopic (exact) mass is 285 g/mol. The summed E-state index contributed by atoms with van der Waals surface area (Å²) in [6.07, 6.45) is 1.67. The summed E-state index contributed by atoms with van der Waals surface area (Å²) in [6.45, 7) is 6.18. The lowest BCUT2D eigenvalue weighted by Gasteiger charge is -2.16. The van der Waals surface area contributed by atoms with Crippen LogP contribution in [0.25, 0.3) is 0 Å². The Labute approximate surface area is 115 Å². The van der Waals surface area contributed by atoms with Crippen LogP contribution in [0, 0.1) is 13.8 Å². The Balaban J connectivity index is 2.37. The van der Waals surface area contributed by atoms with Gasteiger partial charge in [0.2, 0.25) is 0 Å². The molecule has 1 aromatic heterocycles. The van der Waals surface area contributed by atoms with Crippen molar-refractivity contribution >= 4 is 9.84 Å². The van der Waals surface area contributed by atoms with Crippen molar-refractivity contribution in [2.75, 3.05) is 18.6 Å². The number of aryl methyl sites for hydroxylation is 1. The summed E-state index contributed by atoms with van der Waals surface area (Å²) in [4.78, 5) is 0. The van der Waals surface area contributed by atoms with Crippen LogP contribution in [0.5, 0.6) is 0 Å². The normalized spacial score (nSPS) is 23.7. The topological polar surface area (TPSA) is 64.0 Å². The molecule has 2 unspecified atom stereocenters. The van der Waals surface area contributed by atoms with E-state index in [1.54, 1.807) is 0 Å². The number of nitrogens with one attached hydrogen (secondary N) is 1. The summed E-state index contributed by atoms with van der Waals surface area (Å²) in [5.41, 5.74) is 3.32. The maximum atomic E-state index is 11.6. The van der Waals surface area contributed by atoms with Crippen molar-refractivity contribution in [2.24, 2.45) is 0 Å². The second kappa shape index (κ2) is 5.25. The van der Waals surface area contributed by atoms with Gasteiger partial charge in [0.1, 0.15) is 0 Å². The molecule has 0 radical (unpaired) electrons. The fraction of sp³-hybridized carbons (Fsp3) is 0.769. The molecule has 6 heteroatoms. The first kappa shape index (κ1) is 14.5. The van der Waals surface area contributed by atoms with E-state index in [9.17, 15) is 8.42 Å². The molecule has 0 aliphatic carbocycles. The van der Waals surface area contributed by atoms with Gasteiger partial charge in [0.05, 0.1) is 23.2 Å². The van der Waals surface area contributed by atoms with Crippen LogP contribution < -0.4 is 5.32 Å². The van der Waals surface area contributed by atoms with Crippen LogP contribution in [0.1, 0.15) is 48.8 Å². The van der Waals surface area contributed by atoms with Gasteiger partial charge >= 0.3 is 0 Å². The molecule has 2 heterocycles. The van der Waals surface area contributed by atoms with E-state index < -0.39 is 9.84 Å². The highest BCUT2D eigenvalue weighted by Crippen LogP contribution is 2.30. The summed E-state index contributed by atoms with van der Waals surface area (Å²) in [5.74, 6) is 0.513. The van der Waals surface area contributed by atoms with Gasteiger partial charge in [-0.15, -0.1) is 0 Å². The average molecular weight is 285 g/mol. The first-order valence-corrected chi connectivity index (χ1v) is 8.65. The first-order valence-electron chi connectivity index (χ1n) is 6.83. The first-order chi connectivity index (χ1) is 8.89. The lowest BCUT2D eigenvalue weighted by Crippen LogP contribution is -2.18. The molecule has 2 atom stereocenters. The highest BCUT2D eigenvalue weighted by atomic mass is 32.2. The lowest BCUT2D eigenvalue weighted by molar-refractivity contribution is 0.483. The number of sulfone groups is 1. The van der Waals surface area contributed by atoms with Crippen molar-refractivity contribution < 1.29 is 8.42 Å². The summed E-state index contributed by atoms with van der Waals surface area (Å²) in [6, 6.07) is 0.290. The number of hydrogen-bond acceptors (Lipinski definition) is 4. The molecule has 19 heavy (non-hydrogen) atoms. The van der Waals surface area contributed by atoms with Crippen molar-refractivity contribution in [3.8, 4) is 0 Å². The third-order valence-electron chi connectivity index (χ3n) is 4.04. The molecular weight excluding hydrogens is 262 g/mol. The van der Waals surface area contributed by atoms with Crippen molar-refractivity contribution in [3.63, 3.8) is 0 Å². The average Bonchev–Trinajstić information content (AvgIpc) is 2.84. The van der Waals surface area contributed by atoms with Gasteiger partial charge in [-0.2, -0.15) is 5.10 Å². The Morgan fingerprint density at radius 2 is 2.16 bits per heavy atom. The van der Waals surface area contributed by atoms with Gasteiger partial charge in [-0.3, -0.25) is 4.68 Å². The minimum atomic E-state index is -2.87. The molecule has 2 rings (SSSR count). The molecule has 1 aliphatic heterocycles. The van der Waals surface area contributed by atoms with E-state index in [1.165, 1.54) is 5.56 Å². The molecule has 0 saturated carbocycles. The van der Waals surface area contributed by atoms with E-state index in [0.29, 0.717) is 6.42 Å². The molecule has 5 nitrogen and oxygen atoms in total. The molecule has 1 saturated heterocycles. The number of hydrogen-bond donors (Lipinski definition) is 1. The molecule has 0 spiro atoms. The standard InChI is InChI=1S/C13H23N3O2S/c1-5-12(14-4)13-9(2)15-16(10(13)3)11-6-7-19(17,18)8-11/h11-12,14H,5-8H2,1-4H3. The third-order valence-corrected chi connectivity index (χ3v) is 5.79. The van der Waals surface area contributed by atoms with Crippen LogP contribution in [-0.4, -0.2) is 36.8 Å². The zero-order chi connectivity index (χ0) is 14.2. The summed E-state index contributed by atoms with van der Waals surface area (Å²) < 4.78 is 25.1. The molecule has 1 aromatic rings. The quantitative estimate of drug-likeness (QED) is 0.911. The molecule has 0 amide bonds. The van der Waals surface area contributed by atoms with E-state index >= 15 is 0 Å². The fourth-order valence-electron chi connectivity index (χ4n) is 3.06. The molecule has 1 N–H and O–H groups in total. The van der Waals surface area contributed by atoms with Gasteiger partial charge in [0, 0.05) is 17.3 Å². The van der Waals surface area contributed by atoms with E-state index in [-0.39, 0.29) is 23.6 Å². The van der Waals surface area contributed by atoms with E-state index in [1.807, 2.05) is 25.6 Å². The van der Waals surface area contributed by atoms with Crippen LogP contribution >= 0.6 is 0 Å². The molecule has 1 fully saturated rings. The Bertz CT molecular complexity index is 559. The molecule has 1 aliphatic rings. The Morgan fingerprint density at radius 3 is 2.63 bits per heavy atom. The van der Waals surface area contributed by atoms with Crippen molar-refractivity contribution in [1.82, 2.24) is 15.1 Å². The second-order valence-corrected chi connectivity index (χ2v) is 7.56. The Kier molecular flexibility index (Phi) is 4.01. The van der Waals surface area contributed by atoms with Crippen LogP contribution in [0.15, 0.2) is 0 Å². The lowest BCUT2D eigenvalue weighted by atomic mass is 10.0. The summed E-state index contributed by atoms with van der Waals surface area (Å²) in [7, 11) is -0.923. The Morgan fingerprint density at radius 1 is 1.47 bits per heavy atom. The van der Waals surface area contributed by atoms with Crippen molar-refractivity contribution in [3.05, 3.63) is 17.0 Å². The minimum absolute atomic E-state index is 0.00631. The minimum Gasteiger partial charge on any atom is -0.313 e. The molecule has 108 valence electrons. The van der Waals surface area contributed by atoms with Crippen LogP contribution in [-0.2, 0) is 9.84 Å². The molecule has 0 aromatic carbocycles. The van der Waals surface area contributed by atoms with Crippen molar-refractivity contribution in [1.29, 1.82) is 0 Å². The highest BCUT2D eigenvalue weighted by molar-refractivity contribution is 7.91. The number of nitrogens with zero attached hydrogens (tertiary/aromatic N) is 2. The number of aromatic nitrogens is 2. The third kappa shape index (κ3) is 2.69. The zero-order valence-corrected chi connectivity index (χ0v) is 12.9. The number of rotatable bonds is 4. The van der Waals surface area contributed by atoms with Crippen LogP contribution in [0.4, 0.5) is 0 Å². The molecule has 0 bridgehead atoms. The second-order valence-electron chi connectivity index (χ2n) is 5.34. The smallest absolute Gasteiger partial charge is 0.152 e. The van der Waals surface area contributed by atoms with Gasteiger partial charge in [-0.05, 0) is 33.7 Å². The largest absolute Gasteiger partial charge is 0.313 e. The highest BCUT2D eigenvalue weighted by Gasteiger charge is 2.32. The maximum absolute atomic E-state index is 11.6. The van der Waals surface area contributed by atoms with Gasteiger partial charge in [0.15, 0.2) is 9.84 Å².